The highest BCUT2D eigenvalue weighted by Gasteiger charge is 2.17. The summed E-state index contributed by atoms with van der Waals surface area (Å²) in [6.45, 7) is 11.4. The Kier molecular flexibility index (Phi) is 10.0. The van der Waals surface area contributed by atoms with E-state index in [1.165, 1.54) is 0 Å². The molecule has 0 aromatic carbocycles. The third kappa shape index (κ3) is 8.71. The van der Waals surface area contributed by atoms with Gasteiger partial charge in [0.15, 0.2) is 0 Å². The van der Waals surface area contributed by atoms with E-state index in [9.17, 15) is 9.59 Å². The first-order chi connectivity index (χ1) is 9.81. The molecule has 0 N–H and O–H groups in total. The molecule has 124 valence electrons. The van der Waals surface area contributed by atoms with Gasteiger partial charge >= 0.3 is 11.9 Å². The number of carbonyl (C=O) groups is 2. The summed E-state index contributed by atoms with van der Waals surface area (Å²) in [5, 5.41) is 0. The first-order valence-electron chi connectivity index (χ1n) is 7.78. The number of hydrogen-bond acceptors (Lipinski definition) is 5. The van der Waals surface area contributed by atoms with Crippen LogP contribution in [0, 0.1) is 11.8 Å². The van der Waals surface area contributed by atoms with Crippen LogP contribution in [0.1, 0.15) is 54.4 Å². The smallest absolute Gasteiger partial charge is 0.332 e. The van der Waals surface area contributed by atoms with Gasteiger partial charge in [-0.25, -0.2) is 9.59 Å². The summed E-state index contributed by atoms with van der Waals surface area (Å²) in [5.74, 6) is -0.304. The van der Waals surface area contributed by atoms with E-state index in [-0.39, 0.29) is 25.4 Å². The second-order valence-electron chi connectivity index (χ2n) is 5.65. The summed E-state index contributed by atoms with van der Waals surface area (Å²) in [6.07, 6.45) is 1.58. The first-order valence-corrected chi connectivity index (χ1v) is 7.78. The van der Waals surface area contributed by atoms with Gasteiger partial charge in [0.2, 0.25) is 0 Å². The lowest BCUT2D eigenvalue weighted by Gasteiger charge is -2.19. The fourth-order valence-electron chi connectivity index (χ4n) is 1.60. The van der Waals surface area contributed by atoms with Crippen molar-refractivity contribution >= 4 is 11.9 Å². The Morgan fingerprint density at radius 1 is 0.762 bits per heavy atom. The molecule has 0 heterocycles. The lowest BCUT2D eigenvalue weighted by molar-refractivity contribution is -0.162. The molecule has 5 heteroatoms. The van der Waals surface area contributed by atoms with E-state index in [2.05, 4.69) is 0 Å². The molecule has 0 radical (unpaired) electrons. The third-order valence-corrected chi connectivity index (χ3v) is 3.97. The van der Waals surface area contributed by atoms with E-state index < -0.39 is 11.9 Å². The molecule has 0 aromatic heterocycles. The minimum atomic E-state index is -0.453. The Bertz CT molecular complexity index is 286. The monoisotopic (exact) mass is 302 g/mol. The van der Waals surface area contributed by atoms with Crippen molar-refractivity contribution in [1.29, 1.82) is 0 Å². The zero-order valence-electron chi connectivity index (χ0n) is 14.2. The highest BCUT2D eigenvalue weighted by molar-refractivity contribution is 5.73. The minimum Gasteiger partial charge on any atom is -0.461 e. The van der Waals surface area contributed by atoms with E-state index in [0.29, 0.717) is 11.8 Å². The highest BCUT2D eigenvalue weighted by atomic mass is 16.6. The molecule has 4 unspecified atom stereocenters. The molecule has 0 amide bonds. The molecule has 0 rings (SSSR count). The number of rotatable bonds is 10. The predicted molar refractivity (Wildman–Crippen MR) is 80.8 cm³/mol. The molecule has 0 aliphatic carbocycles. The van der Waals surface area contributed by atoms with E-state index >= 15 is 0 Å². The van der Waals surface area contributed by atoms with Gasteiger partial charge in [0.25, 0.3) is 0 Å². The van der Waals surface area contributed by atoms with Gasteiger partial charge in [-0.05, 0) is 25.7 Å². The Balaban J connectivity index is 3.88. The molecular formula is C16H30O5. The van der Waals surface area contributed by atoms with Crippen LogP contribution in [0.15, 0.2) is 0 Å². The Morgan fingerprint density at radius 2 is 1.10 bits per heavy atom. The van der Waals surface area contributed by atoms with Crippen molar-refractivity contribution in [1.82, 2.24) is 0 Å². The van der Waals surface area contributed by atoms with Gasteiger partial charge in [-0.3, -0.25) is 0 Å². The van der Waals surface area contributed by atoms with Crippen LogP contribution in [0.3, 0.4) is 0 Å². The van der Waals surface area contributed by atoms with Gasteiger partial charge in [-0.1, -0.05) is 40.5 Å². The number of hydrogen-bond donors (Lipinski definition) is 0. The average molecular weight is 302 g/mol. The lowest BCUT2D eigenvalue weighted by atomic mass is 10.0. The molecular weight excluding hydrogens is 272 g/mol. The summed E-state index contributed by atoms with van der Waals surface area (Å²) in [5.41, 5.74) is 0. The average Bonchev–Trinajstić information content (AvgIpc) is 2.44. The summed E-state index contributed by atoms with van der Waals surface area (Å²) < 4.78 is 15.4. The minimum absolute atomic E-state index is 0.150. The van der Waals surface area contributed by atoms with Crippen molar-refractivity contribution < 1.29 is 23.8 Å². The Labute approximate surface area is 128 Å². The summed E-state index contributed by atoms with van der Waals surface area (Å²) in [7, 11) is 0. The molecule has 21 heavy (non-hydrogen) atoms. The molecule has 0 aromatic rings. The third-order valence-electron chi connectivity index (χ3n) is 3.97. The van der Waals surface area contributed by atoms with E-state index in [1.54, 1.807) is 0 Å². The van der Waals surface area contributed by atoms with Crippen LogP contribution >= 0.6 is 0 Å². The molecule has 0 aliphatic rings. The van der Waals surface area contributed by atoms with Gasteiger partial charge in [-0.2, -0.15) is 0 Å². The maximum absolute atomic E-state index is 11.5. The molecule has 0 saturated carbocycles. The standard InChI is InChI=1S/C16H30O5/c1-7-11(3)13(5)20-15(17)9-19-10-16(18)21-14(6)12(4)8-2/h11-14H,7-10H2,1-6H3. The van der Waals surface area contributed by atoms with Crippen LogP contribution < -0.4 is 0 Å². The topological polar surface area (TPSA) is 61.8 Å². The fourth-order valence-corrected chi connectivity index (χ4v) is 1.60. The summed E-state index contributed by atoms with van der Waals surface area (Å²) in [4.78, 5) is 23.1. The largest absolute Gasteiger partial charge is 0.461 e. The maximum atomic E-state index is 11.5. The quantitative estimate of drug-likeness (QED) is 0.581. The summed E-state index contributed by atoms with van der Waals surface area (Å²) in [6, 6.07) is 0. The number of esters is 2. The van der Waals surface area contributed by atoms with Crippen LogP contribution in [-0.2, 0) is 23.8 Å². The van der Waals surface area contributed by atoms with E-state index in [1.807, 2.05) is 41.5 Å². The maximum Gasteiger partial charge on any atom is 0.332 e. The fraction of sp³-hybridized carbons (Fsp3) is 0.875. The van der Waals surface area contributed by atoms with Crippen molar-refractivity contribution in [2.75, 3.05) is 13.2 Å². The first kappa shape index (κ1) is 19.9. The normalized spacial score (nSPS) is 16.7. The molecule has 5 nitrogen and oxygen atoms in total. The molecule has 4 atom stereocenters. The highest BCUT2D eigenvalue weighted by Crippen LogP contribution is 2.11. The molecule has 0 aliphatic heterocycles. The molecule has 0 fully saturated rings. The number of ether oxygens (including phenoxy) is 3. The van der Waals surface area contributed by atoms with Gasteiger partial charge in [0.1, 0.15) is 25.4 Å². The predicted octanol–water partition coefficient (Wildman–Crippen LogP) is 2.96. The van der Waals surface area contributed by atoms with E-state index in [4.69, 9.17) is 14.2 Å². The van der Waals surface area contributed by atoms with Crippen LogP contribution in [0.2, 0.25) is 0 Å². The van der Waals surface area contributed by atoms with Crippen LogP contribution in [0.4, 0.5) is 0 Å². The Morgan fingerprint density at radius 3 is 1.38 bits per heavy atom. The Hall–Kier alpha value is -1.10. The number of carbonyl (C=O) groups excluding carboxylic acids is 2. The molecule has 0 saturated heterocycles. The van der Waals surface area contributed by atoms with Crippen molar-refractivity contribution in [2.45, 2.75) is 66.6 Å². The van der Waals surface area contributed by atoms with E-state index in [0.717, 1.165) is 12.8 Å². The molecule has 0 bridgehead atoms. The SMILES string of the molecule is CCC(C)C(C)OC(=O)COCC(=O)OC(C)C(C)CC. The van der Waals surface area contributed by atoms with Gasteiger partial charge in [0.05, 0.1) is 0 Å². The lowest BCUT2D eigenvalue weighted by Crippen LogP contribution is -2.27. The van der Waals surface area contributed by atoms with Crippen molar-refractivity contribution in [3.05, 3.63) is 0 Å². The molecule has 0 spiro atoms. The van der Waals surface area contributed by atoms with Crippen molar-refractivity contribution in [2.24, 2.45) is 11.8 Å². The van der Waals surface area contributed by atoms with Gasteiger partial charge < -0.3 is 14.2 Å². The zero-order chi connectivity index (χ0) is 16.4. The summed E-state index contributed by atoms with van der Waals surface area (Å²) >= 11 is 0. The second-order valence-corrected chi connectivity index (χ2v) is 5.65. The van der Waals surface area contributed by atoms with Crippen LogP contribution in [0.5, 0.6) is 0 Å². The van der Waals surface area contributed by atoms with Crippen LogP contribution in [0.25, 0.3) is 0 Å². The van der Waals surface area contributed by atoms with Crippen LogP contribution in [-0.4, -0.2) is 37.4 Å². The van der Waals surface area contributed by atoms with Gasteiger partial charge in [-0.15, -0.1) is 0 Å². The second kappa shape index (κ2) is 10.6. The van der Waals surface area contributed by atoms with Crippen molar-refractivity contribution in [3.63, 3.8) is 0 Å². The van der Waals surface area contributed by atoms with Gasteiger partial charge in [0, 0.05) is 0 Å². The van der Waals surface area contributed by atoms with Crippen molar-refractivity contribution in [3.8, 4) is 0 Å². The zero-order valence-corrected chi connectivity index (χ0v) is 14.2.